The van der Waals surface area contributed by atoms with Crippen molar-refractivity contribution >= 4 is 11.3 Å². The van der Waals surface area contributed by atoms with E-state index in [-0.39, 0.29) is 0 Å². The van der Waals surface area contributed by atoms with E-state index in [1.165, 1.54) is 27.1 Å². The zero-order chi connectivity index (χ0) is 14.0. The molecule has 1 aromatic heterocycles. The van der Waals surface area contributed by atoms with E-state index >= 15 is 0 Å². The third-order valence-corrected chi connectivity index (χ3v) is 4.52. The molecule has 2 rings (SSSR count). The molecule has 1 N–H and O–H groups in total. The van der Waals surface area contributed by atoms with Crippen molar-refractivity contribution in [1.82, 2.24) is 10.3 Å². The van der Waals surface area contributed by atoms with Gasteiger partial charge in [0, 0.05) is 17.5 Å². The number of benzene rings is 1. The highest BCUT2D eigenvalue weighted by Crippen LogP contribution is 2.24. The smallest absolute Gasteiger partial charge is 0.0798 e. The number of hydrogen-bond acceptors (Lipinski definition) is 3. The van der Waals surface area contributed by atoms with Gasteiger partial charge in [-0.25, -0.2) is 4.98 Å². The Hall–Kier alpha value is -1.19. The van der Waals surface area contributed by atoms with Crippen molar-refractivity contribution < 1.29 is 0 Å². The highest BCUT2D eigenvalue weighted by atomic mass is 32.1. The van der Waals surface area contributed by atoms with Gasteiger partial charge in [-0.15, -0.1) is 11.3 Å². The third kappa shape index (κ3) is 3.23. The molecule has 1 heterocycles. The van der Waals surface area contributed by atoms with Crippen LogP contribution in [0.15, 0.2) is 17.6 Å². The van der Waals surface area contributed by atoms with Gasteiger partial charge in [0.2, 0.25) is 0 Å². The molecule has 0 aliphatic rings. The van der Waals surface area contributed by atoms with E-state index in [0.29, 0.717) is 6.04 Å². The number of aryl methyl sites for hydroxylation is 4. The molecule has 102 valence electrons. The maximum Gasteiger partial charge on any atom is 0.0798 e. The van der Waals surface area contributed by atoms with Crippen LogP contribution in [0.25, 0.3) is 0 Å². The molecule has 0 saturated heterocycles. The van der Waals surface area contributed by atoms with Gasteiger partial charge in [-0.3, -0.25) is 0 Å². The Morgan fingerprint density at radius 1 is 1.16 bits per heavy atom. The van der Waals surface area contributed by atoms with Crippen molar-refractivity contribution in [3.63, 3.8) is 0 Å². The largest absolute Gasteiger partial charge is 0.305 e. The van der Waals surface area contributed by atoms with E-state index in [1.807, 2.05) is 5.51 Å². The van der Waals surface area contributed by atoms with Crippen LogP contribution in [0.3, 0.4) is 0 Å². The second kappa shape index (κ2) is 5.85. The lowest BCUT2D eigenvalue weighted by Crippen LogP contribution is -2.20. The van der Waals surface area contributed by atoms with Crippen LogP contribution in [0.2, 0.25) is 0 Å². The molecule has 0 bridgehead atoms. The minimum Gasteiger partial charge on any atom is -0.305 e. The zero-order valence-electron chi connectivity index (χ0n) is 12.4. The van der Waals surface area contributed by atoms with Gasteiger partial charge in [0.15, 0.2) is 0 Å². The fourth-order valence-corrected chi connectivity index (χ4v) is 3.45. The van der Waals surface area contributed by atoms with Crippen LogP contribution in [0.4, 0.5) is 0 Å². The minimum absolute atomic E-state index is 0.363. The molecule has 0 radical (unpaired) electrons. The molecule has 1 atom stereocenters. The molecule has 2 nitrogen and oxygen atoms in total. The SMILES string of the molecule is Cc1cc(C)c(C(C)NCc2scnc2C)c(C)c1. The summed E-state index contributed by atoms with van der Waals surface area (Å²) >= 11 is 1.72. The Morgan fingerprint density at radius 2 is 1.79 bits per heavy atom. The first-order chi connectivity index (χ1) is 8.99. The maximum absolute atomic E-state index is 4.29. The van der Waals surface area contributed by atoms with E-state index in [2.05, 4.69) is 57.1 Å². The van der Waals surface area contributed by atoms with Crippen molar-refractivity contribution in [1.29, 1.82) is 0 Å². The second-order valence-electron chi connectivity index (χ2n) is 5.28. The molecular weight excluding hydrogens is 252 g/mol. The van der Waals surface area contributed by atoms with Gasteiger partial charge in [0.1, 0.15) is 0 Å². The van der Waals surface area contributed by atoms with E-state index in [1.54, 1.807) is 11.3 Å². The molecule has 1 unspecified atom stereocenters. The van der Waals surface area contributed by atoms with E-state index in [4.69, 9.17) is 0 Å². The molecule has 2 aromatic rings. The lowest BCUT2D eigenvalue weighted by Gasteiger charge is -2.19. The second-order valence-corrected chi connectivity index (χ2v) is 6.22. The quantitative estimate of drug-likeness (QED) is 0.902. The summed E-state index contributed by atoms with van der Waals surface area (Å²) in [5, 5.41) is 3.61. The Morgan fingerprint density at radius 3 is 2.32 bits per heavy atom. The van der Waals surface area contributed by atoms with Crippen LogP contribution in [0.5, 0.6) is 0 Å². The first kappa shape index (κ1) is 14.2. The average molecular weight is 274 g/mol. The summed E-state index contributed by atoms with van der Waals surface area (Å²) in [6.45, 7) is 11.8. The van der Waals surface area contributed by atoms with Crippen molar-refractivity contribution in [3.8, 4) is 0 Å². The molecule has 0 spiro atoms. The zero-order valence-corrected chi connectivity index (χ0v) is 13.2. The lowest BCUT2D eigenvalue weighted by molar-refractivity contribution is 0.572. The van der Waals surface area contributed by atoms with Crippen LogP contribution >= 0.6 is 11.3 Å². The first-order valence-corrected chi connectivity index (χ1v) is 7.57. The monoisotopic (exact) mass is 274 g/mol. The molecule has 0 fully saturated rings. The number of thiazole rings is 1. The molecule has 19 heavy (non-hydrogen) atoms. The molecule has 1 aromatic carbocycles. The topological polar surface area (TPSA) is 24.9 Å². The highest BCUT2D eigenvalue weighted by molar-refractivity contribution is 7.09. The summed E-state index contributed by atoms with van der Waals surface area (Å²) in [5.74, 6) is 0. The molecule has 3 heteroatoms. The van der Waals surface area contributed by atoms with Gasteiger partial charge in [0.05, 0.1) is 11.2 Å². The summed E-state index contributed by atoms with van der Waals surface area (Å²) in [7, 11) is 0. The third-order valence-electron chi connectivity index (χ3n) is 3.58. The normalized spacial score (nSPS) is 12.7. The minimum atomic E-state index is 0.363. The fourth-order valence-electron chi connectivity index (χ4n) is 2.72. The van der Waals surface area contributed by atoms with Crippen LogP contribution < -0.4 is 5.32 Å². The number of nitrogens with one attached hydrogen (secondary N) is 1. The first-order valence-electron chi connectivity index (χ1n) is 6.69. The molecule has 0 saturated carbocycles. The standard InChI is InChI=1S/C16H22N2S/c1-10-6-11(2)16(12(3)7-10)14(5)17-8-15-13(4)18-9-19-15/h6-7,9,14,17H,8H2,1-5H3. The number of nitrogens with zero attached hydrogens (tertiary/aromatic N) is 1. The van der Waals surface area contributed by atoms with Crippen LogP contribution in [0.1, 0.15) is 45.8 Å². The van der Waals surface area contributed by atoms with Crippen LogP contribution in [0, 0.1) is 27.7 Å². The van der Waals surface area contributed by atoms with Gasteiger partial charge in [-0.1, -0.05) is 17.7 Å². The molecule has 0 aliphatic carbocycles. The fraction of sp³-hybridized carbons (Fsp3) is 0.438. The van der Waals surface area contributed by atoms with Crippen molar-refractivity contribution in [3.05, 3.63) is 50.5 Å². The Balaban J connectivity index is 2.12. The number of rotatable bonds is 4. The van der Waals surface area contributed by atoms with Crippen molar-refractivity contribution in [2.24, 2.45) is 0 Å². The van der Waals surface area contributed by atoms with Gasteiger partial charge in [-0.05, 0) is 51.3 Å². The summed E-state index contributed by atoms with van der Waals surface area (Å²) in [4.78, 5) is 5.62. The average Bonchev–Trinajstić information content (AvgIpc) is 2.70. The molecule has 0 aliphatic heterocycles. The lowest BCUT2D eigenvalue weighted by atomic mass is 9.95. The van der Waals surface area contributed by atoms with E-state index in [9.17, 15) is 0 Å². The number of hydrogen-bond donors (Lipinski definition) is 1. The summed E-state index contributed by atoms with van der Waals surface area (Å²) < 4.78 is 0. The summed E-state index contributed by atoms with van der Waals surface area (Å²) in [5.41, 5.74) is 8.57. The predicted octanol–water partition coefficient (Wildman–Crippen LogP) is 4.23. The van der Waals surface area contributed by atoms with Crippen LogP contribution in [-0.4, -0.2) is 4.98 Å². The predicted molar refractivity (Wildman–Crippen MR) is 82.8 cm³/mol. The maximum atomic E-state index is 4.29. The molecular formula is C16H22N2S. The van der Waals surface area contributed by atoms with Crippen molar-refractivity contribution in [2.45, 2.75) is 47.2 Å². The van der Waals surface area contributed by atoms with Gasteiger partial charge < -0.3 is 5.32 Å². The molecule has 0 amide bonds. The van der Waals surface area contributed by atoms with Crippen molar-refractivity contribution in [2.75, 3.05) is 0 Å². The van der Waals surface area contributed by atoms with E-state index < -0.39 is 0 Å². The Bertz CT molecular complexity index is 549. The number of aromatic nitrogens is 1. The van der Waals surface area contributed by atoms with Gasteiger partial charge in [-0.2, -0.15) is 0 Å². The van der Waals surface area contributed by atoms with Crippen LogP contribution in [-0.2, 0) is 6.54 Å². The van der Waals surface area contributed by atoms with Gasteiger partial charge >= 0.3 is 0 Å². The van der Waals surface area contributed by atoms with E-state index in [0.717, 1.165) is 12.2 Å². The Labute approximate surface area is 119 Å². The Kier molecular flexibility index (Phi) is 4.38. The van der Waals surface area contributed by atoms with Gasteiger partial charge in [0.25, 0.3) is 0 Å². The summed E-state index contributed by atoms with van der Waals surface area (Å²) in [6.07, 6.45) is 0. The summed E-state index contributed by atoms with van der Waals surface area (Å²) in [6, 6.07) is 4.89. The highest BCUT2D eigenvalue weighted by Gasteiger charge is 2.12.